The summed E-state index contributed by atoms with van der Waals surface area (Å²) in [6, 6.07) is 15.5. The number of aromatic nitrogens is 8. The molecule has 0 unspecified atom stereocenters. The van der Waals surface area contributed by atoms with Crippen LogP contribution in [0.15, 0.2) is 61.2 Å². The van der Waals surface area contributed by atoms with Crippen molar-refractivity contribution in [3.63, 3.8) is 0 Å². The Morgan fingerprint density at radius 3 is 2.00 bits per heavy atom. The van der Waals surface area contributed by atoms with E-state index < -0.39 is 0 Å². The van der Waals surface area contributed by atoms with Crippen LogP contribution >= 0.6 is 46.4 Å². The first-order chi connectivity index (χ1) is 24.1. The topological polar surface area (TPSA) is 123 Å². The summed E-state index contributed by atoms with van der Waals surface area (Å²) in [4.78, 5) is 31.2. The number of fused-ring (bicyclic) bond motifs is 2. The van der Waals surface area contributed by atoms with Crippen LogP contribution in [0.3, 0.4) is 0 Å². The lowest BCUT2D eigenvalue weighted by atomic mass is 10.2. The number of ether oxygens (including phenoxy) is 2. The number of rotatable bonds is 14. The van der Waals surface area contributed by atoms with Crippen molar-refractivity contribution in [1.29, 1.82) is 0 Å². The fourth-order valence-corrected chi connectivity index (χ4v) is 6.57. The maximum Gasteiger partial charge on any atom is 0.226 e. The number of nitrogens with zero attached hydrogens (tertiary/aromatic N) is 9. The van der Waals surface area contributed by atoms with Gasteiger partial charge in [0.2, 0.25) is 10.6 Å². The molecule has 1 fully saturated rings. The Hall–Kier alpha value is -4.10. The SMILES string of the molecule is ClCCCOc1ccccc1N(c1nc(Cl)nc2c1ncn2C1CCCC1)N(c1ccccc1OCCCCl)c1nc(Cl)nc2nc[nH]c12. The summed E-state index contributed by atoms with van der Waals surface area (Å²) in [5.74, 6) is 2.73. The van der Waals surface area contributed by atoms with E-state index in [0.29, 0.717) is 94.7 Å². The molecule has 1 saturated carbocycles. The summed E-state index contributed by atoms with van der Waals surface area (Å²) in [5.41, 5.74) is 3.21. The van der Waals surface area contributed by atoms with E-state index in [0.717, 1.165) is 25.7 Å². The van der Waals surface area contributed by atoms with Crippen LogP contribution in [-0.2, 0) is 0 Å². The minimum absolute atomic E-state index is 0.0110. The summed E-state index contributed by atoms with van der Waals surface area (Å²) in [7, 11) is 0. The number of benzene rings is 2. The highest BCUT2D eigenvalue weighted by Crippen LogP contribution is 2.46. The van der Waals surface area contributed by atoms with Gasteiger partial charge in [0, 0.05) is 17.8 Å². The number of para-hydroxylation sites is 4. The molecule has 12 nitrogen and oxygen atoms in total. The number of H-pyrrole nitrogens is 1. The minimum atomic E-state index is -0.0110. The van der Waals surface area contributed by atoms with E-state index in [4.69, 9.17) is 75.8 Å². The number of hydrogen-bond donors (Lipinski definition) is 1. The van der Waals surface area contributed by atoms with E-state index in [-0.39, 0.29) is 16.6 Å². The molecular weight excluding hydrogens is 710 g/mol. The molecule has 6 aromatic rings. The maximum atomic E-state index is 6.79. The van der Waals surface area contributed by atoms with E-state index in [9.17, 15) is 0 Å². The normalized spacial score (nSPS) is 13.4. The van der Waals surface area contributed by atoms with E-state index in [1.165, 1.54) is 6.33 Å². The Labute approximate surface area is 302 Å². The molecule has 16 heteroatoms. The van der Waals surface area contributed by atoms with Crippen LogP contribution in [0.5, 0.6) is 11.5 Å². The molecule has 0 spiro atoms. The average Bonchev–Trinajstić information content (AvgIpc) is 3.89. The second-order valence-corrected chi connectivity index (χ2v) is 12.8. The average molecular weight is 742 g/mol. The van der Waals surface area contributed by atoms with Crippen LogP contribution in [-0.4, -0.2) is 64.4 Å². The largest absolute Gasteiger partial charge is 0.491 e. The zero-order valence-electron chi connectivity index (χ0n) is 26.3. The quantitative estimate of drug-likeness (QED) is 0.0501. The van der Waals surface area contributed by atoms with Gasteiger partial charge in [-0.2, -0.15) is 19.9 Å². The Morgan fingerprint density at radius 2 is 1.35 bits per heavy atom. The van der Waals surface area contributed by atoms with Crippen molar-refractivity contribution in [3.05, 3.63) is 71.8 Å². The van der Waals surface area contributed by atoms with Crippen LogP contribution < -0.4 is 19.5 Å². The predicted octanol–water partition coefficient (Wildman–Crippen LogP) is 8.82. The van der Waals surface area contributed by atoms with Gasteiger partial charge in [-0.05, 0) is 73.2 Å². The number of aromatic amines is 1. The first kappa shape index (κ1) is 33.4. The van der Waals surface area contributed by atoms with Gasteiger partial charge < -0.3 is 19.0 Å². The standard InChI is InChI=1S/C33H32Cl4N10O2/c34-15-7-17-48-24-13-5-3-11-22(24)46(30-26-28(39-19-38-26)41-32(36)43-30)47(23-12-4-6-14-25(23)49-18-8-16-35)31-27-29(42-33(37)44-31)45(20-40-27)21-9-1-2-10-21/h3-6,11-14,19-21H,1-2,7-10,15-18H2,(H,38,39,41,43). The third-order valence-electron chi connectivity index (χ3n) is 8.19. The third kappa shape index (κ3) is 6.87. The van der Waals surface area contributed by atoms with Crippen molar-refractivity contribution in [2.75, 3.05) is 35.0 Å². The van der Waals surface area contributed by atoms with Gasteiger partial charge in [0.1, 0.15) is 28.4 Å². The fraction of sp³-hybridized carbons (Fsp3) is 0.333. The van der Waals surface area contributed by atoms with Gasteiger partial charge in [-0.25, -0.2) is 20.0 Å². The molecule has 0 amide bonds. The van der Waals surface area contributed by atoms with Crippen molar-refractivity contribution in [2.45, 2.75) is 44.6 Å². The highest BCUT2D eigenvalue weighted by atomic mass is 35.5. The van der Waals surface area contributed by atoms with Crippen molar-refractivity contribution in [2.24, 2.45) is 0 Å². The summed E-state index contributed by atoms with van der Waals surface area (Å²) in [5, 5.41) is 3.72. The molecule has 1 aliphatic carbocycles. The number of hydrazine groups is 1. The van der Waals surface area contributed by atoms with Crippen LogP contribution in [0, 0.1) is 0 Å². The molecule has 0 saturated heterocycles. The minimum Gasteiger partial charge on any atom is -0.491 e. The van der Waals surface area contributed by atoms with Crippen molar-refractivity contribution in [3.8, 4) is 11.5 Å². The lowest BCUT2D eigenvalue weighted by Gasteiger charge is -2.37. The second kappa shape index (κ2) is 15.2. The molecule has 0 atom stereocenters. The first-order valence-corrected chi connectivity index (χ1v) is 17.8. The molecule has 0 radical (unpaired) electrons. The lowest BCUT2D eigenvalue weighted by molar-refractivity contribution is 0.317. The Bertz CT molecular complexity index is 2050. The monoisotopic (exact) mass is 740 g/mol. The molecule has 4 heterocycles. The summed E-state index contributed by atoms with van der Waals surface area (Å²) in [6.07, 6.45) is 8.97. The van der Waals surface area contributed by atoms with Gasteiger partial charge in [-0.1, -0.05) is 37.1 Å². The van der Waals surface area contributed by atoms with Crippen LogP contribution in [0.4, 0.5) is 23.0 Å². The first-order valence-electron chi connectivity index (χ1n) is 16.0. The van der Waals surface area contributed by atoms with Crippen molar-refractivity contribution in [1.82, 2.24) is 39.5 Å². The molecule has 49 heavy (non-hydrogen) atoms. The predicted molar refractivity (Wildman–Crippen MR) is 193 cm³/mol. The van der Waals surface area contributed by atoms with Gasteiger partial charge in [-0.3, -0.25) is 0 Å². The highest BCUT2D eigenvalue weighted by molar-refractivity contribution is 6.29. The number of nitrogens with one attached hydrogen (secondary N) is 1. The maximum absolute atomic E-state index is 6.79. The second-order valence-electron chi connectivity index (χ2n) is 11.3. The van der Waals surface area contributed by atoms with Gasteiger partial charge in [0.05, 0.1) is 25.9 Å². The van der Waals surface area contributed by atoms with E-state index in [2.05, 4.69) is 19.5 Å². The van der Waals surface area contributed by atoms with E-state index in [1.54, 1.807) is 0 Å². The number of imidazole rings is 2. The van der Waals surface area contributed by atoms with Gasteiger partial charge in [0.15, 0.2) is 28.4 Å². The van der Waals surface area contributed by atoms with Crippen molar-refractivity contribution >= 4 is 91.7 Å². The van der Waals surface area contributed by atoms with Crippen LogP contribution in [0.25, 0.3) is 22.3 Å². The highest BCUT2D eigenvalue weighted by Gasteiger charge is 2.34. The van der Waals surface area contributed by atoms with Gasteiger partial charge >= 0.3 is 0 Å². The summed E-state index contributed by atoms with van der Waals surface area (Å²) < 4.78 is 14.8. The molecule has 1 N–H and O–H groups in total. The smallest absolute Gasteiger partial charge is 0.226 e. The van der Waals surface area contributed by atoms with Crippen molar-refractivity contribution < 1.29 is 9.47 Å². The number of alkyl halides is 2. The number of anilines is 4. The summed E-state index contributed by atoms with van der Waals surface area (Å²) in [6.45, 7) is 0.763. The molecule has 7 rings (SSSR count). The molecule has 254 valence electrons. The van der Waals surface area contributed by atoms with Gasteiger partial charge in [0.25, 0.3) is 0 Å². The van der Waals surface area contributed by atoms with Gasteiger partial charge in [-0.15, -0.1) is 23.2 Å². The number of hydrogen-bond acceptors (Lipinski definition) is 10. The van der Waals surface area contributed by atoms with Crippen LogP contribution in [0.2, 0.25) is 10.6 Å². The zero-order chi connectivity index (χ0) is 33.7. The molecule has 0 aliphatic heterocycles. The molecule has 2 aromatic carbocycles. The Morgan fingerprint density at radius 1 is 0.755 bits per heavy atom. The third-order valence-corrected chi connectivity index (χ3v) is 9.06. The lowest BCUT2D eigenvalue weighted by Crippen LogP contribution is -2.38. The van der Waals surface area contributed by atoms with Crippen LogP contribution in [0.1, 0.15) is 44.6 Å². The Balaban J connectivity index is 1.54. The zero-order valence-corrected chi connectivity index (χ0v) is 29.3. The molecular formula is C33H32Cl4N10O2. The number of halogens is 4. The molecule has 1 aliphatic rings. The van der Waals surface area contributed by atoms with E-state index in [1.807, 2.05) is 64.9 Å². The Kier molecular flexibility index (Phi) is 10.4. The molecule has 4 aromatic heterocycles. The summed E-state index contributed by atoms with van der Waals surface area (Å²) >= 11 is 25.5. The van der Waals surface area contributed by atoms with E-state index >= 15 is 0 Å². The molecule has 0 bridgehead atoms. The fourth-order valence-electron chi connectivity index (χ4n) is 6.03.